The fourth-order valence-electron chi connectivity index (χ4n) is 2.05. The standard InChI is InChI=1S/C12H17NO/c1-13-8-11(9-6-7-9)10-4-2-3-5-12(10)14/h2-5,9,11,13-14H,6-8H2,1H3. The molecule has 2 nitrogen and oxygen atoms in total. The van der Waals surface area contributed by atoms with Gasteiger partial charge in [0.05, 0.1) is 0 Å². The Hall–Kier alpha value is -1.02. The van der Waals surface area contributed by atoms with Gasteiger partial charge in [-0.2, -0.15) is 0 Å². The molecule has 1 aromatic carbocycles. The van der Waals surface area contributed by atoms with E-state index in [9.17, 15) is 5.11 Å². The Labute approximate surface area is 85.0 Å². The number of para-hydroxylation sites is 1. The average Bonchev–Trinajstić information content (AvgIpc) is 2.99. The first-order valence-electron chi connectivity index (χ1n) is 5.25. The van der Waals surface area contributed by atoms with Gasteiger partial charge in [0.15, 0.2) is 0 Å². The molecule has 2 rings (SSSR count). The fourth-order valence-corrected chi connectivity index (χ4v) is 2.05. The second-order valence-electron chi connectivity index (χ2n) is 4.06. The maximum absolute atomic E-state index is 9.76. The summed E-state index contributed by atoms with van der Waals surface area (Å²) in [5.74, 6) is 1.71. The smallest absolute Gasteiger partial charge is 0.119 e. The molecule has 1 aliphatic rings. The predicted molar refractivity (Wildman–Crippen MR) is 57.5 cm³/mol. The van der Waals surface area contributed by atoms with Gasteiger partial charge in [0.2, 0.25) is 0 Å². The largest absolute Gasteiger partial charge is 0.508 e. The van der Waals surface area contributed by atoms with E-state index in [1.54, 1.807) is 6.07 Å². The van der Waals surface area contributed by atoms with E-state index in [2.05, 4.69) is 5.32 Å². The van der Waals surface area contributed by atoms with Crippen LogP contribution in [0.2, 0.25) is 0 Å². The number of phenols is 1. The maximum atomic E-state index is 9.76. The Morgan fingerprint density at radius 2 is 2.14 bits per heavy atom. The molecule has 0 saturated heterocycles. The topological polar surface area (TPSA) is 32.3 Å². The minimum Gasteiger partial charge on any atom is -0.508 e. The molecule has 1 saturated carbocycles. The molecule has 14 heavy (non-hydrogen) atoms. The lowest BCUT2D eigenvalue weighted by Gasteiger charge is -2.17. The Morgan fingerprint density at radius 1 is 1.43 bits per heavy atom. The predicted octanol–water partition coefficient (Wildman–Crippen LogP) is 2.11. The van der Waals surface area contributed by atoms with Crippen molar-refractivity contribution in [3.63, 3.8) is 0 Å². The molecule has 1 unspecified atom stereocenters. The quantitative estimate of drug-likeness (QED) is 0.764. The SMILES string of the molecule is CNCC(c1ccccc1O)C1CC1. The zero-order chi connectivity index (χ0) is 9.97. The Kier molecular flexibility index (Phi) is 2.73. The number of phenolic OH excluding ortho intramolecular Hbond substituents is 1. The van der Waals surface area contributed by atoms with Crippen LogP contribution >= 0.6 is 0 Å². The Bertz CT molecular complexity index is 307. The number of hydrogen-bond acceptors (Lipinski definition) is 2. The second-order valence-corrected chi connectivity index (χ2v) is 4.06. The van der Waals surface area contributed by atoms with Crippen molar-refractivity contribution < 1.29 is 5.11 Å². The molecule has 2 heteroatoms. The molecule has 0 aromatic heterocycles. The van der Waals surface area contributed by atoms with E-state index in [0.717, 1.165) is 18.0 Å². The van der Waals surface area contributed by atoms with Gasteiger partial charge >= 0.3 is 0 Å². The minimum absolute atomic E-state index is 0.444. The summed E-state index contributed by atoms with van der Waals surface area (Å²) in [6, 6.07) is 7.69. The molecule has 76 valence electrons. The number of likely N-dealkylation sites (N-methyl/N-ethyl adjacent to an activating group) is 1. The molecule has 0 spiro atoms. The van der Waals surface area contributed by atoms with E-state index in [-0.39, 0.29) is 0 Å². The third-order valence-corrected chi connectivity index (χ3v) is 2.95. The molecule has 1 aliphatic carbocycles. The lowest BCUT2D eigenvalue weighted by molar-refractivity contribution is 0.451. The van der Waals surface area contributed by atoms with Crippen LogP contribution in [0.5, 0.6) is 5.75 Å². The van der Waals surface area contributed by atoms with Gasteiger partial charge in [0.1, 0.15) is 5.75 Å². The van der Waals surface area contributed by atoms with Crippen molar-refractivity contribution in [1.82, 2.24) is 5.32 Å². The fraction of sp³-hybridized carbons (Fsp3) is 0.500. The summed E-state index contributed by atoms with van der Waals surface area (Å²) in [5.41, 5.74) is 1.10. The number of hydrogen-bond donors (Lipinski definition) is 2. The number of benzene rings is 1. The minimum atomic E-state index is 0.444. The maximum Gasteiger partial charge on any atom is 0.119 e. The van der Waals surface area contributed by atoms with Gasteiger partial charge in [-0.25, -0.2) is 0 Å². The summed E-state index contributed by atoms with van der Waals surface area (Å²) in [5, 5.41) is 13.0. The lowest BCUT2D eigenvalue weighted by Crippen LogP contribution is -2.18. The first-order valence-corrected chi connectivity index (χ1v) is 5.25. The average molecular weight is 191 g/mol. The molecule has 1 fully saturated rings. The van der Waals surface area contributed by atoms with Crippen LogP contribution in [-0.2, 0) is 0 Å². The Morgan fingerprint density at radius 3 is 2.71 bits per heavy atom. The van der Waals surface area contributed by atoms with Gasteiger partial charge in [-0.05, 0) is 37.4 Å². The van der Waals surface area contributed by atoms with E-state index in [0.29, 0.717) is 11.7 Å². The first kappa shape index (κ1) is 9.53. The van der Waals surface area contributed by atoms with Crippen molar-refractivity contribution in [3.05, 3.63) is 29.8 Å². The summed E-state index contributed by atoms with van der Waals surface area (Å²) >= 11 is 0. The number of nitrogens with one attached hydrogen (secondary N) is 1. The van der Waals surface area contributed by atoms with Crippen molar-refractivity contribution in [2.75, 3.05) is 13.6 Å². The Balaban J connectivity index is 2.21. The number of rotatable bonds is 4. The van der Waals surface area contributed by atoms with E-state index in [1.807, 2.05) is 25.2 Å². The molecule has 0 heterocycles. The van der Waals surface area contributed by atoms with Crippen LogP contribution in [0.3, 0.4) is 0 Å². The van der Waals surface area contributed by atoms with Gasteiger partial charge < -0.3 is 10.4 Å². The monoisotopic (exact) mass is 191 g/mol. The first-order chi connectivity index (χ1) is 6.83. The molecule has 0 aliphatic heterocycles. The summed E-state index contributed by atoms with van der Waals surface area (Å²) in [4.78, 5) is 0. The van der Waals surface area contributed by atoms with Crippen molar-refractivity contribution >= 4 is 0 Å². The third-order valence-electron chi connectivity index (χ3n) is 2.95. The summed E-state index contributed by atoms with van der Waals surface area (Å²) in [7, 11) is 1.97. The van der Waals surface area contributed by atoms with Crippen molar-refractivity contribution in [2.24, 2.45) is 5.92 Å². The van der Waals surface area contributed by atoms with Crippen molar-refractivity contribution in [3.8, 4) is 5.75 Å². The molecule has 0 amide bonds. The van der Waals surface area contributed by atoms with Gasteiger partial charge in [0, 0.05) is 12.5 Å². The van der Waals surface area contributed by atoms with Crippen LogP contribution in [0, 0.1) is 5.92 Å². The van der Waals surface area contributed by atoms with Crippen LogP contribution in [-0.4, -0.2) is 18.7 Å². The molecule has 2 N–H and O–H groups in total. The van der Waals surface area contributed by atoms with Crippen molar-refractivity contribution in [1.29, 1.82) is 0 Å². The second kappa shape index (κ2) is 4.01. The van der Waals surface area contributed by atoms with E-state index < -0.39 is 0 Å². The molecule has 1 atom stereocenters. The highest BCUT2D eigenvalue weighted by Crippen LogP contribution is 2.44. The van der Waals surface area contributed by atoms with Crippen LogP contribution in [0.4, 0.5) is 0 Å². The molecular weight excluding hydrogens is 174 g/mol. The highest BCUT2D eigenvalue weighted by Gasteiger charge is 2.32. The third kappa shape index (κ3) is 1.90. The van der Waals surface area contributed by atoms with E-state index in [4.69, 9.17) is 0 Å². The highest BCUT2D eigenvalue weighted by atomic mass is 16.3. The van der Waals surface area contributed by atoms with E-state index >= 15 is 0 Å². The van der Waals surface area contributed by atoms with Crippen LogP contribution in [0.25, 0.3) is 0 Å². The molecular formula is C12H17NO. The van der Waals surface area contributed by atoms with E-state index in [1.165, 1.54) is 12.8 Å². The van der Waals surface area contributed by atoms with Gasteiger partial charge in [-0.1, -0.05) is 18.2 Å². The van der Waals surface area contributed by atoms with Gasteiger partial charge in [-0.3, -0.25) is 0 Å². The molecule has 1 aromatic rings. The highest BCUT2D eigenvalue weighted by molar-refractivity contribution is 5.36. The van der Waals surface area contributed by atoms with Crippen LogP contribution in [0.15, 0.2) is 24.3 Å². The van der Waals surface area contributed by atoms with Crippen LogP contribution in [0.1, 0.15) is 24.3 Å². The summed E-state index contributed by atoms with van der Waals surface area (Å²) in [6.45, 7) is 0.961. The summed E-state index contributed by atoms with van der Waals surface area (Å²) in [6.07, 6.45) is 2.61. The lowest BCUT2D eigenvalue weighted by atomic mass is 9.93. The molecule has 0 radical (unpaired) electrons. The zero-order valence-corrected chi connectivity index (χ0v) is 8.53. The van der Waals surface area contributed by atoms with Crippen LogP contribution < -0.4 is 5.32 Å². The zero-order valence-electron chi connectivity index (χ0n) is 8.53. The van der Waals surface area contributed by atoms with Gasteiger partial charge in [0.25, 0.3) is 0 Å². The molecule has 0 bridgehead atoms. The summed E-state index contributed by atoms with van der Waals surface area (Å²) < 4.78 is 0. The van der Waals surface area contributed by atoms with Gasteiger partial charge in [-0.15, -0.1) is 0 Å². The number of aromatic hydroxyl groups is 1. The normalized spacial score (nSPS) is 18.1. The van der Waals surface area contributed by atoms with Crippen molar-refractivity contribution in [2.45, 2.75) is 18.8 Å².